The molecule has 2 aromatic heterocycles. The highest BCUT2D eigenvalue weighted by molar-refractivity contribution is 7.10. The van der Waals surface area contributed by atoms with Crippen LogP contribution in [0.3, 0.4) is 0 Å². The molecule has 0 aliphatic carbocycles. The first-order valence-corrected chi connectivity index (χ1v) is 7.46. The molecule has 19 heavy (non-hydrogen) atoms. The minimum Gasteiger partial charge on any atom is -0.308 e. The number of hydrogen-bond acceptors (Lipinski definition) is 4. The minimum atomic E-state index is 0.437. The Morgan fingerprint density at radius 3 is 3.00 bits per heavy atom. The van der Waals surface area contributed by atoms with Gasteiger partial charge in [-0.1, -0.05) is 6.07 Å². The lowest BCUT2D eigenvalue weighted by Crippen LogP contribution is -2.30. The summed E-state index contributed by atoms with van der Waals surface area (Å²) >= 11 is 1.81. The maximum atomic E-state index is 4.19. The first-order valence-electron chi connectivity index (χ1n) is 6.58. The zero-order valence-corrected chi connectivity index (χ0v) is 12.7. The van der Waals surface area contributed by atoms with Crippen LogP contribution in [0.1, 0.15) is 23.4 Å². The molecule has 0 aliphatic heterocycles. The number of thiophene rings is 1. The molecule has 2 heterocycles. The van der Waals surface area contributed by atoms with Crippen molar-refractivity contribution in [3.8, 4) is 0 Å². The van der Waals surface area contributed by atoms with Gasteiger partial charge in [0.15, 0.2) is 0 Å². The predicted octanol–water partition coefficient (Wildman–Crippen LogP) is 2.26. The quantitative estimate of drug-likeness (QED) is 0.843. The molecule has 0 amide bonds. The standard InChI is InChI=1S/C14H22N4S/c1-12(14-5-4-8-19-14)15-6-7-17(2)10-13-9-16-18(3)11-13/h4-5,8-9,11-12,15H,6-7,10H2,1-3H3. The van der Waals surface area contributed by atoms with E-state index in [-0.39, 0.29) is 0 Å². The molecule has 2 rings (SSSR count). The van der Waals surface area contributed by atoms with E-state index in [1.807, 2.05) is 29.3 Å². The Bertz CT molecular complexity index is 477. The summed E-state index contributed by atoms with van der Waals surface area (Å²) in [6, 6.07) is 4.72. The van der Waals surface area contributed by atoms with E-state index < -0.39 is 0 Å². The Labute approximate surface area is 119 Å². The highest BCUT2D eigenvalue weighted by Crippen LogP contribution is 2.17. The summed E-state index contributed by atoms with van der Waals surface area (Å²) < 4.78 is 1.85. The molecule has 1 atom stereocenters. The van der Waals surface area contributed by atoms with Crippen LogP contribution >= 0.6 is 11.3 Å². The van der Waals surface area contributed by atoms with Gasteiger partial charge in [0.05, 0.1) is 6.20 Å². The molecule has 0 radical (unpaired) electrons. The lowest BCUT2D eigenvalue weighted by molar-refractivity contribution is 0.319. The van der Waals surface area contributed by atoms with Crippen LogP contribution in [0.25, 0.3) is 0 Å². The Hall–Kier alpha value is -1.17. The van der Waals surface area contributed by atoms with E-state index in [4.69, 9.17) is 0 Å². The third kappa shape index (κ3) is 4.45. The van der Waals surface area contributed by atoms with Crippen LogP contribution < -0.4 is 5.32 Å². The van der Waals surface area contributed by atoms with Crippen molar-refractivity contribution in [1.29, 1.82) is 0 Å². The van der Waals surface area contributed by atoms with Crippen molar-refractivity contribution in [2.45, 2.75) is 19.5 Å². The van der Waals surface area contributed by atoms with Crippen LogP contribution in [0.5, 0.6) is 0 Å². The highest BCUT2D eigenvalue weighted by Gasteiger charge is 2.06. The van der Waals surface area contributed by atoms with E-state index in [0.29, 0.717) is 6.04 Å². The minimum absolute atomic E-state index is 0.437. The second-order valence-corrected chi connectivity index (χ2v) is 5.93. The van der Waals surface area contributed by atoms with Crippen LogP contribution in [0.2, 0.25) is 0 Å². The van der Waals surface area contributed by atoms with Crippen LogP contribution in [0.4, 0.5) is 0 Å². The number of nitrogens with one attached hydrogen (secondary N) is 1. The summed E-state index contributed by atoms with van der Waals surface area (Å²) in [7, 11) is 4.10. The fourth-order valence-electron chi connectivity index (χ4n) is 2.05. The molecule has 1 unspecified atom stereocenters. The molecule has 0 bridgehead atoms. The van der Waals surface area contributed by atoms with E-state index in [1.54, 1.807) is 0 Å². The van der Waals surface area contributed by atoms with Gasteiger partial charge in [0.25, 0.3) is 0 Å². The highest BCUT2D eigenvalue weighted by atomic mass is 32.1. The van der Waals surface area contributed by atoms with Crippen molar-refractivity contribution in [2.24, 2.45) is 7.05 Å². The van der Waals surface area contributed by atoms with E-state index >= 15 is 0 Å². The van der Waals surface area contributed by atoms with E-state index in [9.17, 15) is 0 Å². The van der Waals surface area contributed by atoms with Gasteiger partial charge in [0.2, 0.25) is 0 Å². The average molecular weight is 278 g/mol. The Morgan fingerprint density at radius 1 is 1.53 bits per heavy atom. The average Bonchev–Trinajstić information content (AvgIpc) is 3.00. The smallest absolute Gasteiger partial charge is 0.0534 e. The first-order chi connectivity index (χ1) is 9.15. The van der Waals surface area contributed by atoms with Crippen molar-refractivity contribution in [3.63, 3.8) is 0 Å². The van der Waals surface area contributed by atoms with Crippen molar-refractivity contribution >= 4 is 11.3 Å². The number of hydrogen-bond donors (Lipinski definition) is 1. The molecule has 4 nitrogen and oxygen atoms in total. The van der Waals surface area contributed by atoms with E-state index in [0.717, 1.165) is 19.6 Å². The molecule has 104 valence electrons. The molecule has 1 N–H and O–H groups in total. The van der Waals surface area contributed by atoms with Gasteiger partial charge in [-0.25, -0.2) is 0 Å². The van der Waals surface area contributed by atoms with Gasteiger partial charge in [-0.2, -0.15) is 5.10 Å². The lowest BCUT2D eigenvalue weighted by atomic mass is 10.3. The first kappa shape index (κ1) is 14.2. The maximum absolute atomic E-state index is 4.19. The number of aryl methyl sites for hydroxylation is 1. The van der Waals surface area contributed by atoms with Crippen molar-refractivity contribution < 1.29 is 0 Å². The van der Waals surface area contributed by atoms with Crippen LogP contribution in [-0.4, -0.2) is 34.8 Å². The van der Waals surface area contributed by atoms with Crippen molar-refractivity contribution in [1.82, 2.24) is 20.0 Å². The van der Waals surface area contributed by atoms with Crippen molar-refractivity contribution in [3.05, 3.63) is 40.3 Å². The molecular weight excluding hydrogens is 256 g/mol. The summed E-state index contributed by atoms with van der Waals surface area (Å²) in [4.78, 5) is 3.71. The topological polar surface area (TPSA) is 33.1 Å². The second-order valence-electron chi connectivity index (χ2n) is 4.95. The molecule has 0 fully saturated rings. The summed E-state index contributed by atoms with van der Waals surface area (Å²) in [6.07, 6.45) is 4.00. The molecular formula is C14H22N4S. The maximum Gasteiger partial charge on any atom is 0.0534 e. The predicted molar refractivity (Wildman–Crippen MR) is 80.3 cm³/mol. The lowest BCUT2D eigenvalue weighted by Gasteiger charge is -2.18. The third-order valence-corrected chi connectivity index (χ3v) is 4.18. The van der Waals surface area contributed by atoms with Crippen LogP contribution in [-0.2, 0) is 13.6 Å². The molecule has 0 aromatic carbocycles. The van der Waals surface area contributed by atoms with Gasteiger partial charge in [-0.15, -0.1) is 11.3 Å². The van der Waals surface area contributed by atoms with Gasteiger partial charge in [0.1, 0.15) is 0 Å². The Balaban J connectivity index is 1.68. The molecule has 2 aromatic rings. The molecule has 5 heteroatoms. The molecule has 0 saturated carbocycles. The zero-order chi connectivity index (χ0) is 13.7. The van der Waals surface area contributed by atoms with Crippen LogP contribution in [0, 0.1) is 0 Å². The Kier molecular flexibility index (Phi) is 5.13. The normalized spacial score (nSPS) is 13.1. The molecule has 0 saturated heterocycles. The number of nitrogens with zero attached hydrogens (tertiary/aromatic N) is 3. The number of aromatic nitrogens is 2. The Morgan fingerprint density at radius 2 is 2.37 bits per heavy atom. The van der Waals surface area contributed by atoms with Crippen LogP contribution in [0.15, 0.2) is 29.9 Å². The molecule has 0 spiro atoms. The third-order valence-electron chi connectivity index (χ3n) is 3.12. The summed E-state index contributed by atoms with van der Waals surface area (Å²) in [6.45, 7) is 5.19. The summed E-state index contributed by atoms with van der Waals surface area (Å²) in [5.74, 6) is 0. The number of likely N-dealkylation sites (N-methyl/N-ethyl adjacent to an activating group) is 1. The molecule has 0 aliphatic rings. The second kappa shape index (κ2) is 6.84. The zero-order valence-electron chi connectivity index (χ0n) is 11.8. The van der Waals surface area contributed by atoms with E-state index in [1.165, 1.54) is 10.4 Å². The fourth-order valence-corrected chi connectivity index (χ4v) is 2.81. The van der Waals surface area contributed by atoms with E-state index in [2.05, 4.69) is 53.0 Å². The fraction of sp³-hybridized carbons (Fsp3) is 0.500. The van der Waals surface area contributed by atoms with Crippen molar-refractivity contribution in [2.75, 3.05) is 20.1 Å². The summed E-state index contributed by atoms with van der Waals surface area (Å²) in [5, 5.41) is 9.87. The largest absolute Gasteiger partial charge is 0.308 e. The van der Waals surface area contributed by atoms with Gasteiger partial charge in [-0.05, 0) is 25.4 Å². The van der Waals surface area contributed by atoms with Gasteiger partial charge >= 0.3 is 0 Å². The monoisotopic (exact) mass is 278 g/mol. The number of rotatable bonds is 7. The van der Waals surface area contributed by atoms with Gasteiger partial charge < -0.3 is 10.2 Å². The van der Waals surface area contributed by atoms with Gasteiger partial charge in [0, 0.05) is 49.4 Å². The SMILES string of the molecule is CC(NCCN(C)Cc1cnn(C)c1)c1cccs1. The summed E-state index contributed by atoms with van der Waals surface area (Å²) in [5.41, 5.74) is 1.26. The van der Waals surface area contributed by atoms with Gasteiger partial charge in [-0.3, -0.25) is 4.68 Å².